The third kappa shape index (κ3) is 5.83. The van der Waals surface area contributed by atoms with Crippen LogP contribution in [0.25, 0.3) is 6.08 Å². The molecule has 0 aliphatic rings. The van der Waals surface area contributed by atoms with E-state index in [4.69, 9.17) is 9.47 Å². The van der Waals surface area contributed by atoms with Crippen molar-refractivity contribution >= 4 is 23.0 Å². The lowest BCUT2D eigenvalue weighted by Gasteiger charge is -2.11. The Morgan fingerprint density at radius 1 is 1.13 bits per heavy atom. The zero-order valence-electron chi connectivity index (χ0n) is 13.3. The number of carbonyl (C=O) groups is 1. The molecule has 0 fully saturated rings. The van der Waals surface area contributed by atoms with Gasteiger partial charge in [0.2, 0.25) is 0 Å². The van der Waals surface area contributed by atoms with Crippen LogP contribution in [0.1, 0.15) is 18.1 Å². The average Bonchev–Trinajstić information content (AvgIpc) is 2.58. The van der Waals surface area contributed by atoms with E-state index < -0.39 is 0 Å². The fraction of sp³-hybridized carbons (Fsp3) is 0.211. The van der Waals surface area contributed by atoms with Crippen LogP contribution in [0, 0.1) is 0 Å². The predicted molar refractivity (Wildman–Crippen MR) is 95.9 cm³/mol. The molecule has 120 valence electrons. The number of methoxy groups -OCH3 is 1. The first-order valence-electron chi connectivity index (χ1n) is 7.33. The Morgan fingerprint density at radius 2 is 1.91 bits per heavy atom. The molecule has 4 heteroatoms. The molecule has 2 rings (SSSR count). The van der Waals surface area contributed by atoms with Gasteiger partial charge in [0.15, 0.2) is 16.6 Å². The van der Waals surface area contributed by atoms with E-state index in [0.29, 0.717) is 23.9 Å². The Kier molecular flexibility index (Phi) is 6.76. The number of carbonyl (C=O) groups excluding carboxylic acids is 1. The van der Waals surface area contributed by atoms with Crippen LogP contribution >= 0.6 is 11.8 Å². The monoisotopic (exact) mass is 328 g/mol. The normalized spacial score (nSPS) is 10.7. The fourth-order valence-corrected chi connectivity index (χ4v) is 2.42. The number of ether oxygens (including phenoxy) is 2. The van der Waals surface area contributed by atoms with Crippen LogP contribution in [0.5, 0.6) is 11.5 Å². The van der Waals surface area contributed by atoms with Gasteiger partial charge in [0, 0.05) is 12.7 Å². The second-order valence-corrected chi connectivity index (χ2v) is 6.09. The SMILES string of the molecule is COc1ccc(C=CCSC(C)=O)cc1OCc1ccccc1. The van der Waals surface area contributed by atoms with Crippen LogP contribution in [-0.4, -0.2) is 18.0 Å². The molecular formula is C19H20O3S. The second-order valence-electron chi connectivity index (χ2n) is 4.89. The van der Waals surface area contributed by atoms with Crippen molar-refractivity contribution in [3.8, 4) is 11.5 Å². The van der Waals surface area contributed by atoms with E-state index in [0.717, 1.165) is 11.1 Å². The molecule has 0 saturated carbocycles. The van der Waals surface area contributed by atoms with Gasteiger partial charge in [0.25, 0.3) is 0 Å². The topological polar surface area (TPSA) is 35.5 Å². The van der Waals surface area contributed by atoms with Crippen LogP contribution in [0.4, 0.5) is 0 Å². The van der Waals surface area contributed by atoms with Crippen molar-refractivity contribution < 1.29 is 14.3 Å². The molecule has 23 heavy (non-hydrogen) atoms. The van der Waals surface area contributed by atoms with Gasteiger partial charge in [0.1, 0.15) is 6.61 Å². The lowest BCUT2D eigenvalue weighted by atomic mass is 10.2. The van der Waals surface area contributed by atoms with E-state index in [1.165, 1.54) is 11.8 Å². The molecular weight excluding hydrogens is 308 g/mol. The van der Waals surface area contributed by atoms with Gasteiger partial charge in [-0.3, -0.25) is 4.79 Å². The molecule has 0 spiro atoms. The van der Waals surface area contributed by atoms with E-state index >= 15 is 0 Å². The molecule has 2 aromatic carbocycles. The van der Waals surface area contributed by atoms with Gasteiger partial charge in [-0.2, -0.15) is 0 Å². The summed E-state index contributed by atoms with van der Waals surface area (Å²) in [6.45, 7) is 2.06. The Labute approximate surface area is 141 Å². The summed E-state index contributed by atoms with van der Waals surface area (Å²) in [6, 6.07) is 15.8. The highest BCUT2D eigenvalue weighted by Crippen LogP contribution is 2.29. The minimum atomic E-state index is 0.122. The molecule has 3 nitrogen and oxygen atoms in total. The van der Waals surface area contributed by atoms with Crippen LogP contribution < -0.4 is 9.47 Å². The number of hydrogen-bond acceptors (Lipinski definition) is 4. The average molecular weight is 328 g/mol. The third-order valence-corrected chi connectivity index (χ3v) is 3.88. The van der Waals surface area contributed by atoms with E-state index in [2.05, 4.69) is 0 Å². The van der Waals surface area contributed by atoms with Crippen molar-refractivity contribution in [2.45, 2.75) is 13.5 Å². The lowest BCUT2D eigenvalue weighted by molar-refractivity contribution is -0.109. The summed E-state index contributed by atoms with van der Waals surface area (Å²) in [5.41, 5.74) is 2.12. The standard InChI is InChI=1S/C19H20O3S/c1-15(20)23-12-6-9-16-10-11-18(21-2)19(13-16)22-14-17-7-4-3-5-8-17/h3-11,13H,12,14H2,1-2H3. The summed E-state index contributed by atoms with van der Waals surface area (Å²) < 4.78 is 11.2. The quantitative estimate of drug-likeness (QED) is 0.746. The van der Waals surface area contributed by atoms with Gasteiger partial charge in [-0.25, -0.2) is 0 Å². The van der Waals surface area contributed by atoms with Gasteiger partial charge in [-0.05, 0) is 23.3 Å². The first kappa shape index (κ1) is 17.2. The largest absolute Gasteiger partial charge is 0.493 e. The van der Waals surface area contributed by atoms with Crippen molar-refractivity contribution in [3.63, 3.8) is 0 Å². The zero-order chi connectivity index (χ0) is 16.5. The Hall–Kier alpha value is -2.20. The summed E-state index contributed by atoms with van der Waals surface area (Å²) in [4.78, 5) is 10.9. The Balaban J connectivity index is 2.04. The highest BCUT2D eigenvalue weighted by atomic mass is 32.2. The van der Waals surface area contributed by atoms with Gasteiger partial charge < -0.3 is 9.47 Å². The fourth-order valence-electron chi connectivity index (χ4n) is 1.99. The van der Waals surface area contributed by atoms with Gasteiger partial charge in [0.05, 0.1) is 7.11 Å². The van der Waals surface area contributed by atoms with Crippen molar-refractivity contribution in [1.29, 1.82) is 0 Å². The molecule has 0 atom stereocenters. The lowest BCUT2D eigenvalue weighted by Crippen LogP contribution is -1.97. The van der Waals surface area contributed by atoms with E-state index in [1.54, 1.807) is 14.0 Å². The van der Waals surface area contributed by atoms with Crippen LogP contribution in [-0.2, 0) is 11.4 Å². The molecule has 2 aromatic rings. The molecule has 0 bridgehead atoms. The first-order chi connectivity index (χ1) is 11.2. The molecule has 0 aliphatic heterocycles. The highest BCUT2D eigenvalue weighted by molar-refractivity contribution is 8.13. The first-order valence-corrected chi connectivity index (χ1v) is 8.32. The van der Waals surface area contributed by atoms with E-state index in [-0.39, 0.29) is 5.12 Å². The summed E-state index contributed by atoms with van der Waals surface area (Å²) in [5, 5.41) is 0.122. The second kappa shape index (κ2) is 9.06. The van der Waals surface area contributed by atoms with Crippen LogP contribution in [0.15, 0.2) is 54.6 Å². The van der Waals surface area contributed by atoms with Crippen LogP contribution in [0.3, 0.4) is 0 Å². The van der Waals surface area contributed by atoms with E-state index in [1.807, 2.05) is 60.7 Å². The molecule has 0 aliphatic carbocycles. The summed E-state index contributed by atoms with van der Waals surface area (Å²) in [7, 11) is 1.63. The summed E-state index contributed by atoms with van der Waals surface area (Å²) in [6.07, 6.45) is 3.94. The summed E-state index contributed by atoms with van der Waals surface area (Å²) >= 11 is 1.29. The Bertz CT molecular complexity index is 666. The summed E-state index contributed by atoms with van der Waals surface area (Å²) in [5.74, 6) is 2.08. The molecule has 0 aromatic heterocycles. The minimum Gasteiger partial charge on any atom is -0.493 e. The molecule has 0 radical (unpaired) electrons. The van der Waals surface area contributed by atoms with Gasteiger partial charge in [-0.15, -0.1) is 0 Å². The van der Waals surface area contributed by atoms with Gasteiger partial charge in [-0.1, -0.05) is 60.3 Å². The number of hydrogen-bond donors (Lipinski definition) is 0. The van der Waals surface area contributed by atoms with Crippen molar-refractivity contribution in [2.75, 3.05) is 12.9 Å². The predicted octanol–water partition coefficient (Wildman–Crippen LogP) is 4.57. The van der Waals surface area contributed by atoms with E-state index in [9.17, 15) is 4.79 Å². The minimum absolute atomic E-state index is 0.122. The highest BCUT2D eigenvalue weighted by Gasteiger charge is 2.05. The van der Waals surface area contributed by atoms with Crippen molar-refractivity contribution in [1.82, 2.24) is 0 Å². The number of rotatable bonds is 7. The Morgan fingerprint density at radius 3 is 2.61 bits per heavy atom. The smallest absolute Gasteiger partial charge is 0.186 e. The molecule has 0 amide bonds. The maximum absolute atomic E-state index is 10.9. The van der Waals surface area contributed by atoms with Gasteiger partial charge >= 0.3 is 0 Å². The molecule has 0 unspecified atom stereocenters. The van der Waals surface area contributed by atoms with Crippen molar-refractivity contribution in [3.05, 3.63) is 65.7 Å². The number of thioether (sulfide) groups is 1. The van der Waals surface area contributed by atoms with Crippen molar-refractivity contribution in [2.24, 2.45) is 0 Å². The maximum atomic E-state index is 10.9. The van der Waals surface area contributed by atoms with Crippen LogP contribution in [0.2, 0.25) is 0 Å². The molecule has 0 N–H and O–H groups in total. The molecule has 0 heterocycles. The third-order valence-electron chi connectivity index (χ3n) is 3.12. The maximum Gasteiger partial charge on any atom is 0.186 e. The number of benzene rings is 2. The zero-order valence-corrected chi connectivity index (χ0v) is 14.1. The molecule has 0 saturated heterocycles.